The lowest BCUT2D eigenvalue weighted by molar-refractivity contribution is -0.142. The second kappa shape index (κ2) is 9.32. The summed E-state index contributed by atoms with van der Waals surface area (Å²) in [6, 6.07) is 22.7. The van der Waals surface area contributed by atoms with Crippen LogP contribution in [0.15, 0.2) is 78.9 Å². The van der Waals surface area contributed by atoms with E-state index in [1.54, 1.807) is 35.2 Å². The molecule has 2 atom stereocenters. The fourth-order valence-electron chi connectivity index (χ4n) is 3.86. The number of rotatable bonds is 8. The topological polar surface area (TPSA) is 122 Å². The summed E-state index contributed by atoms with van der Waals surface area (Å²) in [5.41, 5.74) is 5.05. The Morgan fingerprint density at radius 2 is 1.52 bits per heavy atom. The number of carboxylic acids is 2. The summed E-state index contributed by atoms with van der Waals surface area (Å²) < 4.78 is 12.0. The van der Waals surface area contributed by atoms with Gasteiger partial charge in [-0.25, -0.2) is 0 Å². The van der Waals surface area contributed by atoms with Gasteiger partial charge in [-0.1, -0.05) is 42.5 Å². The fraction of sp³-hybridized carbons (Fsp3) is 0.200. The second-order valence-electron chi connectivity index (χ2n) is 8.02. The maximum absolute atomic E-state index is 11.8. The van der Waals surface area contributed by atoms with E-state index in [0.717, 1.165) is 0 Å². The van der Waals surface area contributed by atoms with E-state index in [0.29, 0.717) is 28.6 Å². The molecule has 0 amide bonds. The number of likely N-dealkylation sites (tertiary alicyclic amines) is 1. The van der Waals surface area contributed by atoms with Crippen LogP contribution < -0.4 is 15.2 Å². The molecule has 1 heterocycles. The molecular formula is C25H24N2O6. The van der Waals surface area contributed by atoms with Gasteiger partial charge in [0.25, 0.3) is 0 Å². The van der Waals surface area contributed by atoms with Crippen molar-refractivity contribution in [2.45, 2.75) is 24.5 Å². The third-order valence-electron chi connectivity index (χ3n) is 5.56. The number of nitrogens with two attached hydrogens (primary N) is 1. The molecule has 0 spiro atoms. The largest absolute Gasteiger partial charge is 0.480 e. The molecular weight excluding hydrogens is 424 g/mol. The summed E-state index contributed by atoms with van der Waals surface area (Å²) in [6.07, 6.45) is -0.179. The number of para-hydroxylation sites is 2. The molecule has 1 aliphatic heterocycles. The highest BCUT2D eigenvalue weighted by atomic mass is 16.5. The molecule has 170 valence electrons. The smallest absolute Gasteiger partial charge is 0.325 e. The van der Waals surface area contributed by atoms with E-state index in [9.17, 15) is 19.8 Å². The average molecular weight is 448 g/mol. The van der Waals surface area contributed by atoms with Crippen molar-refractivity contribution in [3.05, 3.63) is 84.4 Å². The Labute approximate surface area is 190 Å². The summed E-state index contributed by atoms with van der Waals surface area (Å²) in [5, 5.41) is 19.1. The lowest BCUT2D eigenvalue weighted by Crippen LogP contribution is -2.50. The fourth-order valence-corrected chi connectivity index (χ4v) is 3.86. The van der Waals surface area contributed by atoms with Crippen molar-refractivity contribution in [1.82, 2.24) is 4.90 Å². The van der Waals surface area contributed by atoms with E-state index in [1.807, 2.05) is 48.5 Å². The third kappa shape index (κ3) is 5.14. The van der Waals surface area contributed by atoms with Crippen molar-refractivity contribution >= 4 is 11.9 Å². The summed E-state index contributed by atoms with van der Waals surface area (Å²) >= 11 is 0. The van der Waals surface area contributed by atoms with E-state index in [2.05, 4.69) is 0 Å². The van der Waals surface area contributed by atoms with Crippen LogP contribution in [-0.2, 0) is 16.1 Å². The van der Waals surface area contributed by atoms with Crippen LogP contribution in [0, 0.1) is 0 Å². The minimum atomic E-state index is -1.63. The minimum absolute atomic E-state index is 0.0909. The number of carbonyl (C=O) groups is 2. The number of nitrogens with zero attached hydrogens (tertiary/aromatic N) is 1. The number of benzene rings is 3. The molecule has 33 heavy (non-hydrogen) atoms. The van der Waals surface area contributed by atoms with Gasteiger partial charge in [-0.15, -0.1) is 0 Å². The normalized spacial score (nSPS) is 20.3. The summed E-state index contributed by atoms with van der Waals surface area (Å²) in [4.78, 5) is 25.0. The van der Waals surface area contributed by atoms with E-state index in [1.165, 1.54) is 0 Å². The lowest BCUT2D eigenvalue weighted by atomic mass is 9.98. The monoisotopic (exact) mass is 448 g/mol. The Kier molecular flexibility index (Phi) is 6.30. The summed E-state index contributed by atoms with van der Waals surface area (Å²) in [7, 11) is 0. The SMILES string of the molecule is NC1(C(=O)O)CC(C(=O)O)N(Cc2ccc(Oc3ccccc3)cc2Oc2ccccc2)C1. The zero-order valence-electron chi connectivity index (χ0n) is 17.8. The van der Waals surface area contributed by atoms with Crippen LogP contribution in [-0.4, -0.2) is 45.2 Å². The van der Waals surface area contributed by atoms with Crippen molar-refractivity contribution in [2.24, 2.45) is 5.73 Å². The van der Waals surface area contributed by atoms with Gasteiger partial charge in [0.2, 0.25) is 0 Å². The summed E-state index contributed by atoms with van der Waals surface area (Å²) in [6.45, 7) is 0.0589. The van der Waals surface area contributed by atoms with Crippen molar-refractivity contribution in [3.8, 4) is 23.0 Å². The molecule has 0 aromatic heterocycles. The highest BCUT2D eigenvalue weighted by molar-refractivity contribution is 5.83. The van der Waals surface area contributed by atoms with Crippen LogP contribution in [0.4, 0.5) is 0 Å². The van der Waals surface area contributed by atoms with Crippen LogP contribution in [0.2, 0.25) is 0 Å². The Bertz CT molecular complexity index is 1140. The molecule has 8 nitrogen and oxygen atoms in total. The number of hydrogen-bond donors (Lipinski definition) is 3. The number of ether oxygens (including phenoxy) is 2. The molecule has 8 heteroatoms. The first-order valence-corrected chi connectivity index (χ1v) is 10.4. The molecule has 0 bridgehead atoms. The van der Waals surface area contributed by atoms with Crippen LogP contribution in [0.1, 0.15) is 12.0 Å². The first kappa shape index (κ1) is 22.3. The van der Waals surface area contributed by atoms with Gasteiger partial charge in [0.15, 0.2) is 0 Å². The second-order valence-corrected chi connectivity index (χ2v) is 8.02. The van der Waals surface area contributed by atoms with Gasteiger partial charge in [0.05, 0.1) is 0 Å². The van der Waals surface area contributed by atoms with Gasteiger partial charge >= 0.3 is 11.9 Å². The van der Waals surface area contributed by atoms with Crippen LogP contribution in [0.25, 0.3) is 0 Å². The third-order valence-corrected chi connectivity index (χ3v) is 5.56. The van der Waals surface area contributed by atoms with Crippen molar-refractivity contribution in [1.29, 1.82) is 0 Å². The molecule has 0 saturated carbocycles. The zero-order valence-corrected chi connectivity index (χ0v) is 17.8. The van der Waals surface area contributed by atoms with Gasteiger partial charge in [-0.05, 0) is 30.3 Å². The van der Waals surface area contributed by atoms with Gasteiger partial charge < -0.3 is 25.4 Å². The van der Waals surface area contributed by atoms with Gasteiger partial charge in [0.1, 0.15) is 34.6 Å². The number of carboxylic acid groups (broad SMARTS) is 2. The van der Waals surface area contributed by atoms with Gasteiger partial charge in [-0.2, -0.15) is 0 Å². The van der Waals surface area contributed by atoms with Crippen molar-refractivity contribution in [2.75, 3.05) is 6.54 Å². The Morgan fingerprint density at radius 1 is 0.909 bits per heavy atom. The quantitative estimate of drug-likeness (QED) is 0.477. The first-order valence-electron chi connectivity index (χ1n) is 10.4. The van der Waals surface area contributed by atoms with Crippen molar-refractivity contribution in [3.63, 3.8) is 0 Å². The molecule has 4 rings (SSSR count). The molecule has 0 aliphatic carbocycles. The molecule has 2 unspecified atom stereocenters. The standard InChI is InChI=1S/C25H24N2O6/c26-25(24(30)31)14-21(23(28)29)27(16-25)15-17-11-12-20(32-18-7-3-1-4-8-18)13-22(17)33-19-9-5-2-6-10-19/h1-13,21H,14-16,26H2,(H,28,29)(H,30,31). The number of hydrogen-bond acceptors (Lipinski definition) is 6. The molecule has 1 aliphatic rings. The highest BCUT2D eigenvalue weighted by Gasteiger charge is 2.49. The molecule has 1 fully saturated rings. The Balaban J connectivity index is 1.64. The van der Waals surface area contributed by atoms with Crippen LogP contribution >= 0.6 is 0 Å². The number of aliphatic carboxylic acids is 2. The van der Waals surface area contributed by atoms with Gasteiger partial charge in [-0.3, -0.25) is 14.5 Å². The predicted octanol–water partition coefficient (Wildman–Crippen LogP) is 3.71. The predicted molar refractivity (Wildman–Crippen MR) is 120 cm³/mol. The van der Waals surface area contributed by atoms with E-state index < -0.39 is 23.5 Å². The minimum Gasteiger partial charge on any atom is -0.480 e. The molecule has 0 radical (unpaired) electrons. The van der Waals surface area contributed by atoms with Crippen LogP contribution in [0.3, 0.4) is 0 Å². The summed E-state index contributed by atoms with van der Waals surface area (Å²) in [5.74, 6) is -0.0440. The molecule has 1 saturated heterocycles. The van der Waals surface area contributed by atoms with E-state index in [4.69, 9.17) is 15.2 Å². The maximum atomic E-state index is 11.8. The maximum Gasteiger partial charge on any atom is 0.325 e. The van der Waals surface area contributed by atoms with Crippen molar-refractivity contribution < 1.29 is 29.3 Å². The molecule has 4 N–H and O–H groups in total. The van der Waals surface area contributed by atoms with Gasteiger partial charge in [0, 0.05) is 31.1 Å². The highest BCUT2D eigenvalue weighted by Crippen LogP contribution is 2.35. The molecule has 3 aromatic rings. The molecule has 3 aromatic carbocycles. The Hall–Kier alpha value is -3.88. The first-order chi connectivity index (χ1) is 15.8. The van der Waals surface area contributed by atoms with E-state index in [-0.39, 0.29) is 19.5 Å². The Morgan fingerprint density at radius 3 is 2.09 bits per heavy atom. The zero-order chi connectivity index (χ0) is 23.4. The lowest BCUT2D eigenvalue weighted by Gasteiger charge is -2.23. The van der Waals surface area contributed by atoms with E-state index >= 15 is 0 Å². The average Bonchev–Trinajstić information content (AvgIpc) is 3.15. The van der Waals surface area contributed by atoms with Crippen LogP contribution in [0.5, 0.6) is 23.0 Å².